The van der Waals surface area contributed by atoms with Crippen molar-refractivity contribution >= 4 is 5.91 Å². The third-order valence-electron chi connectivity index (χ3n) is 4.14. The number of nitrogens with zero attached hydrogens (tertiary/aromatic N) is 1. The Bertz CT molecular complexity index is 681. The van der Waals surface area contributed by atoms with Crippen LogP contribution in [0.4, 0.5) is 0 Å². The average molecular weight is 326 g/mol. The lowest BCUT2D eigenvalue weighted by molar-refractivity contribution is 0.0947. The van der Waals surface area contributed by atoms with E-state index in [1.54, 1.807) is 0 Å². The normalized spacial score (nSPS) is 11.3. The van der Waals surface area contributed by atoms with Gasteiger partial charge in [-0.2, -0.15) is 0 Å². The first-order valence-corrected chi connectivity index (χ1v) is 8.35. The standard InChI is InChI=1S/C20H26N2O2/c1-15-17(19(24)21-13-7-12-20(2,3)14-23)10-11-18(22-15)16-8-5-4-6-9-16/h4-6,8-11,23H,7,12-14H2,1-3H3,(H,21,24). The molecule has 0 aliphatic carbocycles. The molecule has 0 fully saturated rings. The van der Waals surface area contributed by atoms with Crippen molar-refractivity contribution in [3.05, 3.63) is 53.7 Å². The van der Waals surface area contributed by atoms with E-state index in [1.165, 1.54) is 0 Å². The zero-order valence-corrected chi connectivity index (χ0v) is 14.7. The molecule has 0 aliphatic rings. The molecule has 4 heteroatoms. The van der Waals surface area contributed by atoms with E-state index in [1.807, 2.05) is 63.2 Å². The zero-order chi connectivity index (χ0) is 17.6. The number of carbonyl (C=O) groups is 1. The van der Waals surface area contributed by atoms with E-state index in [4.69, 9.17) is 0 Å². The molecule has 1 amide bonds. The van der Waals surface area contributed by atoms with Crippen molar-refractivity contribution in [1.82, 2.24) is 10.3 Å². The van der Waals surface area contributed by atoms with Gasteiger partial charge in [0.05, 0.1) is 17.0 Å². The van der Waals surface area contributed by atoms with E-state index in [2.05, 4.69) is 10.3 Å². The van der Waals surface area contributed by atoms with E-state index in [0.717, 1.165) is 29.8 Å². The number of hydrogen-bond acceptors (Lipinski definition) is 3. The molecule has 0 unspecified atom stereocenters. The van der Waals surface area contributed by atoms with Crippen LogP contribution in [0.1, 0.15) is 42.7 Å². The van der Waals surface area contributed by atoms with E-state index in [9.17, 15) is 9.90 Å². The van der Waals surface area contributed by atoms with Gasteiger partial charge in [0.25, 0.3) is 5.91 Å². The molecular weight excluding hydrogens is 300 g/mol. The summed E-state index contributed by atoms with van der Waals surface area (Å²) in [5.74, 6) is -0.0959. The van der Waals surface area contributed by atoms with Crippen LogP contribution in [0.3, 0.4) is 0 Å². The van der Waals surface area contributed by atoms with Gasteiger partial charge in [-0.3, -0.25) is 9.78 Å². The molecule has 1 heterocycles. The minimum Gasteiger partial charge on any atom is -0.396 e. The van der Waals surface area contributed by atoms with Crippen LogP contribution in [-0.4, -0.2) is 29.1 Å². The SMILES string of the molecule is Cc1nc(-c2ccccc2)ccc1C(=O)NCCCC(C)(C)CO. The number of aryl methyl sites for hydroxylation is 1. The van der Waals surface area contributed by atoms with Crippen LogP contribution < -0.4 is 5.32 Å². The highest BCUT2D eigenvalue weighted by atomic mass is 16.3. The van der Waals surface area contributed by atoms with Crippen molar-refractivity contribution in [1.29, 1.82) is 0 Å². The van der Waals surface area contributed by atoms with Gasteiger partial charge in [0, 0.05) is 18.7 Å². The molecule has 2 aromatic rings. The molecule has 0 bridgehead atoms. The van der Waals surface area contributed by atoms with Gasteiger partial charge in [-0.15, -0.1) is 0 Å². The summed E-state index contributed by atoms with van der Waals surface area (Å²) in [5, 5.41) is 12.2. The van der Waals surface area contributed by atoms with E-state index >= 15 is 0 Å². The molecule has 1 aromatic carbocycles. The van der Waals surface area contributed by atoms with Gasteiger partial charge in [0.2, 0.25) is 0 Å². The number of aliphatic hydroxyl groups excluding tert-OH is 1. The lowest BCUT2D eigenvalue weighted by Gasteiger charge is -2.21. The summed E-state index contributed by atoms with van der Waals surface area (Å²) in [7, 11) is 0. The summed E-state index contributed by atoms with van der Waals surface area (Å²) >= 11 is 0. The molecule has 1 aromatic heterocycles. The smallest absolute Gasteiger partial charge is 0.253 e. The van der Waals surface area contributed by atoms with Crippen molar-refractivity contribution in [3.8, 4) is 11.3 Å². The maximum Gasteiger partial charge on any atom is 0.253 e. The van der Waals surface area contributed by atoms with Crippen LogP contribution >= 0.6 is 0 Å². The molecule has 2 rings (SSSR count). The van der Waals surface area contributed by atoms with Gasteiger partial charge < -0.3 is 10.4 Å². The summed E-state index contributed by atoms with van der Waals surface area (Å²) in [6.45, 7) is 6.65. The first-order chi connectivity index (χ1) is 11.4. The number of benzene rings is 1. The van der Waals surface area contributed by atoms with Crippen molar-refractivity contribution in [2.75, 3.05) is 13.2 Å². The molecule has 0 aliphatic heterocycles. The predicted octanol–water partition coefficient (Wildman–Crippen LogP) is 3.59. The van der Waals surface area contributed by atoms with Crippen molar-refractivity contribution in [3.63, 3.8) is 0 Å². The molecule has 2 N–H and O–H groups in total. The summed E-state index contributed by atoms with van der Waals surface area (Å²) in [5.41, 5.74) is 3.15. The Kier molecular flexibility index (Phi) is 6.10. The fourth-order valence-corrected chi connectivity index (χ4v) is 2.51. The van der Waals surface area contributed by atoms with Crippen LogP contribution in [0.5, 0.6) is 0 Å². The van der Waals surface area contributed by atoms with Crippen LogP contribution in [0.2, 0.25) is 0 Å². The Morgan fingerprint density at radius 1 is 1.17 bits per heavy atom. The number of pyridine rings is 1. The number of amides is 1. The highest BCUT2D eigenvalue weighted by Crippen LogP contribution is 2.21. The molecular formula is C20H26N2O2. The van der Waals surface area contributed by atoms with Gasteiger partial charge in [-0.05, 0) is 37.3 Å². The second kappa shape index (κ2) is 8.06. The van der Waals surface area contributed by atoms with E-state index in [-0.39, 0.29) is 17.9 Å². The summed E-state index contributed by atoms with van der Waals surface area (Å²) in [6, 6.07) is 13.6. The number of aliphatic hydroxyl groups is 1. The highest BCUT2D eigenvalue weighted by Gasteiger charge is 2.16. The van der Waals surface area contributed by atoms with Gasteiger partial charge in [0.1, 0.15) is 0 Å². The van der Waals surface area contributed by atoms with Crippen LogP contribution in [0.25, 0.3) is 11.3 Å². The Hall–Kier alpha value is -2.20. The Morgan fingerprint density at radius 3 is 2.50 bits per heavy atom. The van der Waals surface area contributed by atoms with Crippen molar-refractivity contribution in [2.45, 2.75) is 33.6 Å². The molecule has 0 atom stereocenters. The summed E-state index contributed by atoms with van der Waals surface area (Å²) in [6.07, 6.45) is 1.71. The van der Waals surface area contributed by atoms with Gasteiger partial charge in [-0.1, -0.05) is 44.2 Å². The summed E-state index contributed by atoms with van der Waals surface area (Å²) < 4.78 is 0. The number of rotatable bonds is 7. The second-order valence-corrected chi connectivity index (χ2v) is 6.88. The van der Waals surface area contributed by atoms with Gasteiger partial charge in [-0.25, -0.2) is 0 Å². The maximum atomic E-state index is 12.3. The third-order valence-corrected chi connectivity index (χ3v) is 4.14. The maximum absolute atomic E-state index is 12.3. The molecule has 4 nitrogen and oxygen atoms in total. The Morgan fingerprint density at radius 2 is 1.88 bits per heavy atom. The van der Waals surface area contributed by atoms with Gasteiger partial charge in [0.15, 0.2) is 0 Å². The monoisotopic (exact) mass is 326 g/mol. The minimum atomic E-state index is -0.0977. The van der Waals surface area contributed by atoms with Crippen molar-refractivity contribution in [2.24, 2.45) is 5.41 Å². The highest BCUT2D eigenvalue weighted by molar-refractivity contribution is 5.95. The Balaban J connectivity index is 1.96. The predicted molar refractivity (Wildman–Crippen MR) is 96.8 cm³/mol. The molecule has 0 saturated heterocycles. The fourth-order valence-electron chi connectivity index (χ4n) is 2.51. The lowest BCUT2D eigenvalue weighted by Crippen LogP contribution is -2.27. The van der Waals surface area contributed by atoms with Crippen LogP contribution in [-0.2, 0) is 0 Å². The lowest BCUT2D eigenvalue weighted by atomic mass is 9.89. The molecule has 0 saturated carbocycles. The zero-order valence-electron chi connectivity index (χ0n) is 14.7. The number of carbonyl (C=O) groups excluding carboxylic acids is 1. The fraction of sp³-hybridized carbons (Fsp3) is 0.400. The first-order valence-electron chi connectivity index (χ1n) is 8.35. The summed E-state index contributed by atoms with van der Waals surface area (Å²) in [4.78, 5) is 16.9. The van der Waals surface area contributed by atoms with Gasteiger partial charge >= 0.3 is 0 Å². The van der Waals surface area contributed by atoms with Crippen LogP contribution in [0.15, 0.2) is 42.5 Å². The largest absolute Gasteiger partial charge is 0.396 e. The van der Waals surface area contributed by atoms with E-state index < -0.39 is 0 Å². The molecule has 0 spiro atoms. The van der Waals surface area contributed by atoms with Crippen LogP contribution in [0, 0.1) is 12.3 Å². The first kappa shape index (κ1) is 18.1. The Labute approximate surface area is 143 Å². The number of hydrogen-bond donors (Lipinski definition) is 2. The molecule has 128 valence electrons. The quantitative estimate of drug-likeness (QED) is 0.764. The second-order valence-electron chi connectivity index (χ2n) is 6.88. The average Bonchev–Trinajstić information content (AvgIpc) is 2.59. The molecule has 0 radical (unpaired) electrons. The molecule has 24 heavy (non-hydrogen) atoms. The topological polar surface area (TPSA) is 62.2 Å². The number of aromatic nitrogens is 1. The number of nitrogens with one attached hydrogen (secondary N) is 1. The van der Waals surface area contributed by atoms with Crippen molar-refractivity contribution < 1.29 is 9.90 Å². The third kappa shape index (κ3) is 4.90. The minimum absolute atomic E-state index is 0.0959. The van der Waals surface area contributed by atoms with E-state index in [0.29, 0.717) is 12.1 Å².